The molecule has 2 nitrogen and oxygen atoms in total. The van der Waals surface area contributed by atoms with Crippen LogP contribution in [0.2, 0.25) is 0 Å². The lowest BCUT2D eigenvalue weighted by Crippen LogP contribution is -2.11. The third-order valence-corrected chi connectivity index (χ3v) is 2.64. The van der Waals surface area contributed by atoms with Crippen LogP contribution < -0.4 is 10.5 Å². The van der Waals surface area contributed by atoms with Crippen LogP contribution in [0.25, 0.3) is 0 Å². The molecule has 0 amide bonds. The number of ether oxygens (including phenoxy) is 1. The zero-order valence-electron chi connectivity index (χ0n) is 8.22. The van der Waals surface area contributed by atoms with Gasteiger partial charge >= 0.3 is 0 Å². The van der Waals surface area contributed by atoms with E-state index in [1.54, 1.807) is 6.07 Å². The molecule has 1 aromatic carbocycles. The van der Waals surface area contributed by atoms with Crippen molar-refractivity contribution in [3.8, 4) is 5.75 Å². The Balaban J connectivity index is 2.57. The van der Waals surface area contributed by atoms with E-state index in [9.17, 15) is 4.39 Å². The Morgan fingerprint density at radius 1 is 1.50 bits per heavy atom. The van der Waals surface area contributed by atoms with Crippen molar-refractivity contribution in [1.29, 1.82) is 0 Å². The van der Waals surface area contributed by atoms with Crippen LogP contribution in [0.15, 0.2) is 12.1 Å². The summed E-state index contributed by atoms with van der Waals surface area (Å²) >= 11 is 0. The van der Waals surface area contributed by atoms with E-state index in [1.165, 1.54) is 6.07 Å². The Hall–Kier alpha value is -1.09. The van der Waals surface area contributed by atoms with Crippen LogP contribution in [0.3, 0.4) is 0 Å². The van der Waals surface area contributed by atoms with Crippen LogP contribution in [0.5, 0.6) is 5.75 Å². The Morgan fingerprint density at radius 2 is 2.29 bits per heavy atom. The summed E-state index contributed by atoms with van der Waals surface area (Å²) in [6.07, 6.45) is 1.74. The molecule has 3 heteroatoms. The van der Waals surface area contributed by atoms with E-state index in [4.69, 9.17) is 10.5 Å². The van der Waals surface area contributed by atoms with Gasteiger partial charge in [0.05, 0.1) is 6.61 Å². The first kappa shape index (κ1) is 9.46. The van der Waals surface area contributed by atoms with Gasteiger partial charge in [-0.3, -0.25) is 0 Å². The maximum atomic E-state index is 13.4. The summed E-state index contributed by atoms with van der Waals surface area (Å²) in [7, 11) is 0. The predicted octanol–water partition coefficient (Wildman–Crippen LogP) is 2.31. The number of fused-ring (bicyclic) bond motifs is 1. The smallest absolute Gasteiger partial charge is 0.165 e. The lowest BCUT2D eigenvalue weighted by atomic mass is 9.98. The monoisotopic (exact) mass is 195 g/mol. The molecule has 1 aliphatic rings. The van der Waals surface area contributed by atoms with Crippen LogP contribution >= 0.6 is 0 Å². The molecule has 0 fully saturated rings. The molecule has 2 N–H and O–H groups in total. The average molecular weight is 195 g/mol. The Bertz CT molecular complexity index is 351. The number of nitrogens with two attached hydrogens (primary N) is 1. The molecule has 0 saturated carbocycles. The summed E-state index contributed by atoms with van der Waals surface area (Å²) < 4.78 is 18.8. The van der Waals surface area contributed by atoms with Gasteiger partial charge in [0.25, 0.3) is 0 Å². The van der Waals surface area contributed by atoms with Gasteiger partial charge in [-0.25, -0.2) is 4.39 Å². The van der Waals surface area contributed by atoms with E-state index in [2.05, 4.69) is 0 Å². The first-order valence-electron chi connectivity index (χ1n) is 4.87. The molecule has 0 spiro atoms. The number of hydrogen-bond acceptors (Lipinski definition) is 2. The highest BCUT2D eigenvalue weighted by atomic mass is 19.1. The fourth-order valence-corrected chi connectivity index (χ4v) is 1.90. The van der Waals surface area contributed by atoms with Gasteiger partial charge in [0.2, 0.25) is 0 Å². The molecule has 0 saturated heterocycles. The van der Waals surface area contributed by atoms with Gasteiger partial charge in [-0.1, -0.05) is 6.07 Å². The second kappa shape index (κ2) is 3.58. The highest BCUT2D eigenvalue weighted by Gasteiger charge is 2.21. The highest BCUT2D eigenvalue weighted by molar-refractivity contribution is 5.43. The molecule has 0 aliphatic carbocycles. The number of hydrogen-bond donors (Lipinski definition) is 1. The summed E-state index contributed by atoms with van der Waals surface area (Å²) in [4.78, 5) is 0. The maximum Gasteiger partial charge on any atom is 0.165 e. The highest BCUT2D eigenvalue weighted by Crippen LogP contribution is 2.34. The third-order valence-electron chi connectivity index (χ3n) is 2.64. The van der Waals surface area contributed by atoms with Crippen LogP contribution in [0, 0.1) is 12.7 Å². The Labute approximate surface area is 82.9 Å². The zero-order chi connectivity index (χ0) is 10.1. The van der Waals surface area contributed by atoms with Gasteiger partial charge in [-0.15, -0.1) is 0 Å². The third kappa shape index (κ3) is 1.48. The van der Waals surface area contributed by atoms with E-state index in [0.717, 1.165) is 24.0 Å². The Kier molecular flexibility index (Phi) is 2.42. The van der Waals surface area contributed by atoms with Crippen LogP contribution in [0.4, 0.5) is 4.39 Å². The number of aryl methyl sites for hydroxylation is 1. The fourth-order valence-electron chi connectivity index (χ4n) is 1.90. The van der Waals surface area contributed by atoms with E-state index < -0.39 is 0 Å². The van der Waals surface area contributed by atoms with Gasteiger partial charge in [-0.2, -0.15) is 0 Å². The molecule has 14 heavy (non-hydrogen) atoms. The minimum absolute atomic E-state index is 0.0943. The lowest BCUT2D eigenvalue weighted by Gasteiger charge is -2.15. The van der Waals surface area contributed by atoms with E-state index in [1.807, 2.05) is 6.92 Å². The summed E-state index contributed by atoms with van der Waals surface area (Å²) in [6, 6.07) is 3.10. The van der Waals surface area contributed by atoms with Crippen molar-refractivity contribution in [2.75, 3.05) is 6.61 Å². The predicted molar refractivity (Wildman–Crippen MR) is 52.8 cm³/mol. The molecule has 0 radical (unpaired) electrons. The van der Waals surface area contributed by atoms with Crippen molar-refractivity contribution in [2.45, 2.75) is 25.8 Å². The number of benzene rings is 1. The van der Waals surface area contributed by atoms with Crippen molar-refractivity contribution >= 4 is 0 Å². The molecule has 0 bridgehead atoms. The molecular weight excluding hydrogens is 181 g/mol. The minimum atomic E-state index is -0.303. The zero-order valence-corrected chi connectivity index (χ0v) is 8.22. The largest absolute Gasteiger partial charge is 0.490 e. The average Bonchev–Trinajstić information content (AvgIpc) is 2.35. The molecule has 2 rings (SSSR count). The van der Waals surface area contributed by atoms with Gasteiger partial charge in [0, 0.05) is 11.6 Å². The molecule has 1 aromatic rings. The van der Waals surface area contributed by atoms with Crippen molar-refractivity contribution < 1.29 is 9.13 Å². The Morgan fingerprint density at radius 3 is 3.07 bits per heavy atom. The summed E-state index contributed by atoms with van der Waals surface area (Å²) in [6.45, 7) is 2.49. The summed E-state index contributed by atoms with van der Waals surface area (Å²) in [5, 5.41) is 0. The molecule has 1 heterocycles. The quantitative estimate of drug-likeness (QED) is 0.689. The molecule has 1 atom stereocenters. The second-order valence-corrected chi connectivity index (χ2v) is 3.70. The standard InChI is InChI=1S/C11H14FNO/c1-7-4-5-8(12)11-10(7)9(13)3-2-6-14-11/h4-5,9H,2-3,6,13H2,1H3/t9-/m0/s1. The topological polar surface area (TPSA) is 35.2 Å². The number of rotatable bonds is 0. The minimum Gasteiger partial charge on any atom is -0.490 e. The number of halogens is 1. The molecule has 0 unspecified atom stereocenters. The van der Waals surface area contributed by atoms with Crippen LogP contribution in [0.1, 0.15) is 30.0 Å². The fraction of sp³-hybridized carbons (Fsp3) is 0.455. The molecule has 1 aliphatic heterocycles. The van der Waals surface area contributed by atoms with Gasteiger partial charge in [-0.05, 0) is 31.4 Å². The SMILES string of the molecule is Cc1ccc(F)c2c1[C@@H](N)CCCO2. The normalized spacial score (nSPS) is 20.9. The maximum absolute atomic E-state index is 13.4. The van der Waals surface area contributed by atoms with Crippen molar-refractivity contribution in [3.63, 3.8) is 0 Å². The first-order chi connectivity index (χ1) is 6.70. The van der Waals surface area contributed by atoms with Crippen LogP contribution in [-0.4, -0.2) is 6.61 Å². The second-order valence-electron chi connectivity index (χ2n) is 3.70. The van der Waals surface area contributed by atoms with Gasteiger partial charge in [0.15, 0.2) is 11.6 Å². The van der Waals surface area contributed by atoms with Crippen molar-refractivity contribution in [3.05, 3.63) is 29.1 Å². The molecular formula is C11H14FNO. The first-order valence-corrected chi connectivity index (χ1v) is 4.87. The van der Waals surface area contributed by atoms with E-state index >= 15 is 0 Å². The molecule has 0 aromatic heterocycles. The lowest BCUT2D eigenvalue weighted by molar-refractivity contribution is 0.301. The summed E-state index contributed by atoms with van der Waals surface area (Å²) in [5.41, 5.74) is 7.82. The van der Waals surface area contributed by atoms with Gasteiger partial charge < -0.3 is 10.5 Å². The van der Waals surface area contributed by atoms with Crippen molar-refractivity contribution in [1.82, 2.24) is 0 Å². The van der Waals surface area contributed by atoms with Crippen LogP contribution in [-0.2, 0) is 0 Å². The molecule has 76 valence electrons. The van der Waals surface area contributed by atoms with Gasteiger partial charge in [0.1, 0.15) is 0 Å². The van der Waals surface area contributed by atoms with Crippen molar-refractivity contribution in [2.24, 2.45) is 5.73 Å². The van der Waals surface area contributed by atoms with E-state index in [-0.39, 0.29) is 11.9 Å². The van der Waals surface area contributed by atoms with E-state index in [0.29, 0.717) is 12.4 Å². The summed E-state index contributed by atoms with van der Waals surface area (Å²) in [5.74, 6) is 0.0537.